The molecular formula is C15H22N4OS. The molecular weight excluding hydrogens is 284 g/mol. The molecule has 1 saturated heterocycles. The van der Waals surface area contributed by atoms with Gasteiger partial charge in [0.15, 0.2) is 0 Å². The van der Waals surface area contributed by atoms with Crippen molar-refractivity contribution < 1.29 is 4.79 Å². The quantitative estimate of drug-likeness (QED) is 0.783. The summed E-state index contributed by atoms with van der Waals surface area (Å²) in [6.45, 7) is 3.69. The molecule has 1 unspecified atom stereocenters. The predicted octanol–water partition coefficient (Wildman–Crippen LogP) is 0.296. The molecule has 1 atom stereocenters. The SMILES string of the molecule is CN1CCN(C)C(CNC(=O)c2cccc(C(N)=S)c2)C1. The molecule has 1 aromatic rings. The van der Waals surface area contributed by atoms with Crippen molar-refractivity contribution in [3.8, 4) is 0 Å². The van der Waals surface area contributed by atoms with Crippen LogP contribution in [0.15, 0.2) is 24.3 Å². The van der Waals surface area contributed by atoms with Crippen molar-refractivity contribution in [2.45, 2.75) is 6.04 Å². The second-order valence-electron chi connectivity index (χ2n) is 5.55. The van der Waals surface area contributed by atoms with Crippen LogP contribution in [0.5, 0.6) is 0 Å². The molecule has 0 aromatic heterocycles. The van der Waals surface area contributed by atoms with E-state index in [-0.39, 0.29) is 5.91 Å². The Morgan fingerprint density at radius 3 is 2.81 bits per heavy atom. The number of benzene rings is 1. The first-order valence-corrected chi connectivity index (χ1v) is 7.45. The zero-order valence-corrected chi connectivity index (χ0v) is 13.3. The van der Waals surface area contributed by atoms with Gasteiger partial charge in [-0.25, -0.2) is 0 Å². The first-order valence-electron chi connectivity index (χ1n) is 7.04. The fraction of sp³-hybridized carbons (Fsp3) is 0.467. The summed E-state index contributed by atoms with van der Waals surface area (Å²) in [5.41, 5.74) is 6.90. The van der Waals surface area contributed by atoms with Crippen molar-refractivity contribution in [1.82, 2.24) is 15.1 Å². The van der Waals surface area contributed by atoms with Crippen LogP contribution in [0.1, 0.15) is 15.9 Å². The Kier molecular flexibility index (Phi) is 5.27. The van der Waals surface area contributed by atoms with Crippen LogP contribution in [-0.2, 0) is 0 Å². The molecule has 1 fully saturated rings. The van der Waals surface area contributed by atoms with Crippen LogP contribution in [0.3, 0.4) is 0 Å². The van der Waals surface area contributed by atoms with Crippen molar-refractivity contribution in [2.75, 3.05) is 40.3 Å². The normalized spacial score (nSPS) is 20.2. The molecule has 114 valence electrons. The van der Waals surface area contributed by atoms with Gasteiger partial charge in [-0.15, -0.1) is 0 Å². The first kappa shape index (κ1) is 15.9. The summed E-state index contributed by atoms with van der Waals surface area (Å²) in [5.74, 6) is -0.0882. The zero-order valence-electron chi connectivity index (χ0n) is 12.5. The minimum Gasteiger partial charge on any atom is -0.389 e. The number of hydrogen-bond acceptors (Lipinski definition) is 4. The second kappa shape index (κ2) is 6.98. The molecule has 0 bridgehead atoms. The number of rotatable bonds is 4. The molecule has 2 rings (SSSR count). The average Bonchev–Trinajstić information content (AvgIpc) is 2.48. The summed E-state index contributed by atoms with van der Waals surface area (Å²) in [7, 11) is 4.20. The fourth-order valence-electron chi connectivity index (χ4n) is 2.45. The molecule has 21 heavy (non-hydrogen) atoms. The molecule has 0 saturated carbocycles. The molecule has 1 heterocycles. The first-order chi connectivity index (χ1) is 9.97. The highest BCUT2D eigenvalue weighted by Gasteiger charge is 2.22. The lowest BCUT2D eigenvalue weighted by Crippen LogP contribution is -2.54. The molecule has 1 aliphatic rings. The van der Waals surface area contributed by atoms with Crippen molar-refractivity contribution in [3.05, 3.63) is 35.4 Å². The Morgan fingerprint density at radius 2 is 2.10 bits per heavy atom. The number of likely N-dealkylation sites (N-methyl/N-ethyl adjacent to an activating group) is 2. The van der Waals surface area contributed by atoms with Crippen LogP contribution in [0.2, 0.25) is 0 Å². The van der Waals surface area contributed by atoms with Crippen molar-refractivity contribution in [1.29, 1.82) is 0 Å². The van der Waals surface area contributed by atoms with Crippen LogP contribution in [0.25, 0.3) is 0 Å². The highest BCUT2D eigenvalue weighted by atomic mass is 32.1. The van der Waals surface area contributed by atoms with Crippen molar-refractivity contribution >= 4 is 23.1 Å². The van der Waals surface area contributed by atoms with Crippen LogP contribution in [0, 0.1) is 0 Å². The molecule has 5 nitrogen and oxygen atoms in total. The highest BCUT2D eigenvalue weighted by Crippen LogP contribution is 2.07. The summed E-state index contributed by atoms with van der Waals surface area (Å²) >= 11 is 4.94. The lowest BCUT2D eigenvalue weighted by molar-refractivity contribution is 0.0881. The average molecular weight is 306 g/mol. The van der Waals surface area contributed by atoms with Crippen molar-refractivity contribution in [2.24, 2.45) is 5.73 Å². The van der Waals surface area contributed by atoms with E-state index in [4.69, 9.17) is 18.0 Å². The van der Waals surface area contributed by atoms with Crippen molar-refractivity contribution in [3.63, 3.8) is 0 Å². The number of thiocarbonyl (C=S) groups is 1. The third-order valence-electron chi connectivity index (χ3n) is 3.89. The Balaban J connectivity index is 1.95. The van der Waals surface area contributed by atoms with Gasteiger partial charge in [0.1, 0.15) is 4.99 Å². The van der Waals surface area contributed by atoms with Crippen LogP contribution in [0.4, 0.5) is 0 Å². The van der Waals surface area contributed by atoms with E-state index in [1.54, 1.807) is 18.2 Å². The summed E-state index contributed by atoms with van der Waals surface area (Å²) in [6, 6.07) is 7.45. The maximum atomic E-state index is 12.2. The van der Waals surface area contributed by atoms with Gasteiger partial charge in [0.2, 0.25) is 0 Å². The maximum absolute atomic E-state index is 12.2. The van der Waals surface area contributed by atoms with Gasteiger partial charge in [-0.05, 0) is 26.2 Å². The van der Waals surface area contributed by atoms with Crippen LogP contribution in [-0.4, -0.2) is 67.0 Å². The number of nitrogens with zero attached hydrogens (tertiary/aromatic N) is 2. The van der Waals surface area contributed by atoms with E-state index in [0.717, 1.165) is 19.6 Å². The molecule has 1 amide bonds. The standard InChI is InChI=1S/C15H22N4OS/c1-18-6-7-19(2)13(10-18)9-17-15(20)12-5-3-4-11(8-12)14(16)21/h3-5,8,13H,6-7,9-10H2,1-2H3,(H2,16,21)(H,17,20). The number of nitrogens with one attached hydrogen (secondary N) is 1. The number of hydrogen-bond donors (Lipinski definition) is 2. The van der Waals surface area contributed by atoms with Gasteiger partial charge in [-0.3, -0.25) is 9.69 Å². The minimum atomic E-state index is -0.0882. The second-order valence-corrected chi connectivity index (χ2v) is 5.99. The number of piperazine rings is 1. The fourth-order valence-corrected chi connectivity index (χ4v) is 2.58. The van der Waals surface area contributed by atoms with Gasteiger partial charge >= 0.3 is 0 Å². The van der Waals surface area contributed by atoms with Gasteiger partial charge < -0.3 is 16.0 Å². The third kappa shape index (κ3) is 4.23. The Hall–Kier alpha value is -1.50. The van der Waals surface area contributed by atoms with Gasteiger partial charge in [0.25, 0.3) is 5.91 Å². The molecule has 0 spiro atoms. The lowest BCUT2D eigenvalue weighted by atomic mass is 10.1. The Morgan fingerprint density at radius 1 is 1.38 bits per heavy atom. The topological polar surface area (TPSA) is 61.6 Å². The highest BCUT2D eigenvalue weighted by molar-refractivity contribution is 7.80. The van der Waals surface area contributed by atoms with E-state index in [1.807, 2.05) is 6.07 Å². The summed E-state index contributed by atoms with van der Waals surface area (Å²) in [5, 5.41) is 2.99. The number of carbonyl (C=O) groups excluding carboxylic acids is 1. The number of amides is 1. The maximum Gasteiger partial charge on any atom is 0.251 e. The monoisotopic (exact) mass is 306 g/mol. The smallest absolute Gasteiger partial charge is 0.251 e. The molecule has 3 N–H and O–H groups in total. The molecule has 0 radical (unpaired) electrons. The van der Waals surface area contributed by atoms with Gasteiger partial charge in [0.05, 0.1) is 0 Å². The van der Waals surface area contributed by atoms with E-state index in [1.165, 1.54) is 0 Å². The van der Waals surface area contributed by atoms with E-state index in [2.05, 4.69) is 29.2 Å². The molecule has 1 aromatic carbocycles. The zero-order chi connectivity index (χ0) is 15.4. The molecule has 1 aliphatic heterocycles. The number of carbonyl (C=O) groups is 1. The van der Waals surface area contributed by atoms with E-state index >= 15 is 0 Å². The largest absolute Gasteiger partial charge is 0.389 e. The third-order valence-corrected chi connectivity index (χ3v) is 4.12. The summed E-state index contributed by atoms with van der Waals surface area (Å²) in [6.07, 6.45) is 0. The van der Waals surface area contributed by atoms with Gasteiger partial charge in [-0.1, -0.05) is 24.4 Å². The van der Waals surface area contributed by atoms with E-state index in [9.17, 15) is 4.79 Å². The van der Waals surface area contributed by atoms with Gasteiger partial charge in [-0.2, -0.15) is 0 Å². The minimum absolute atomic E-state index is 0.0882. The van der Waals surface area contributed by atoms with Gasteiger partial charge in [0, 0.05) is 43.3 Å². The summed E-state index contributed by atoms with van der Waals surface area (Å²) < 4.78 is 0. The predicted molar refractivity (Wildman–Crippen MR) is 88.6 cm³/mol. The van der Waals surface area contributed by atoms with Crippen LogP contribution >= 0.6 is 12.2 Å². The molecule has 0 aliphatic carbocycles. The van der Waals surface area contributed by atoms with E-state index < -0.39 is 0 Å². The lowest BCUT2D eigenvalue weighted by Gasteiger charge is -2.37. The van der Waals surface area contributed by atoms with E-state index in [0.29, 0.717) is 28.7 Å². The molecule has 6 heteroatoms. The Labute approximate surface area is 131 Å². The Bertz CT molecular complexity index is 534. The summed E-state index contributed by atoms with van der Waals surface area (Å²) in [4.78, 5) is 17.1. The number of nitrogens with two attached hydrogens (primary N) is 1. The van der Waals surface area contributed by atoms with Crippen LogP contribution < -0.4 is 11.1 Å².